The van der Waals surface area contributed by atoms with E-state index < -0.39 is 18.3 Å². The van der Waals surface area contributed by atoms with Crippen LogP contribution in [0.1, 0.15) is 48.5 Å². The van der Waals surface area contributed by atoms with E-state index in [1.807, 2.05) is 54.6 Å². The first-order valence-electron chi connectivity index (χ1n) is 15.4. The van der Waals surface area contributed by atoms with Gasteiger partial charge in [0, 0.05) is 63.1 Å². The molecule has 4 atom stereocenters. The summed E-state index contributed by atoms with van der Waals surface area (Å²) in [5.74, 6) is 0.354. The van der Waals surface area contributed by atoms with Gasteiger partial charge in [-0.25, -0.2) is 14.8 Å². The third-order valence-corrected chi connectivity index (χ3v) is 8.17. The van der Waals surface area contributed by atoms with Gasteiger partial charge in [-0.2, -0.15) is 0 Å². The molecule has 5 rings (SSSR count). The topological polar surface area (TPSA) is 138 Å². The molecule has 0 spiro atoms. The number of carbonyl (C=O) groups is 2. The van der Waals surface area contributed by atoms with Crippen LogP contribution in [0.15, 0.2) is 67.0 Å². The highest BCUT2D eigenvalue weighted by Gasteiger charge is 2.39. The minimum atomic E-state index is -0.581. The number of rotatable bonds is 11. The molecule has 1 aromatic heterocycles. The number of aliphatic hydroxyl groups is 1. The standard InChI is InChI=1S/C33H42N6O6/c1-3-43-29(41)20-37-33(42)36-19-24-5-11-27(12-6-24)31-44-28(23(2)30(45-31)26-9-7-25(22-40)8-10-26)21-38-15-17-39(18-16-38)32-34-13-4-14-35-32/h4-14,23,28,30-31,40H,3,15-22H2,1-2H3,(H2,36,37,42). The van der Waals surface area contributed by atoms with Gasteiger partial charge in [0.15, 0.2) is 6.29 Å². The Bertz CT molecular complexity index is 1370. The molecule has 3 N–H and O–H groups in total. The minimum absolute atomic E-state index is 0.00994. The van der Waals surface area contributed by atoms with E-state index in [1.165, 1.54) is 0 Å². The number of anilines is 1. The molecular weight excluding hydrogens is 576 g/mol. The van der Waals surface area contributed by atoms with Gasteiger partial charge < -0.3 is 34.9 Å². The molecule has 2 fully saturated rings. The van der Waals surface area contributed by atoms with Crippen LogP contribution in [0.3, 0.4) is 0 Å². The van der Waals surface area contributed by atoms with Gasteiger partial charge in [-0.1, -0.05) is 55.5 Å². The third-order valence-electron chi connectivity index (χ3n) is 8.17. The molecule has 2 aliphatic rings. The van der Waals surface area contributed by atoms with E-state index in [0.29, 0.717) is 6.54 Å². The lowest BCUT2D eigenvalue weighted by molar-refractivity contribution is -0.276. The van der Waals surface area contributed by atoms with Crippen LogP contribution < -0.4 is 15.5 Å². The second-order valence-corrected chi connectivity index (χ2v) is 11.2. The molecule has 240 valence electrons. The number of urea groups is 1. The van der Waals surface area contributed by atoms with Crippen molar-refractivity contribution >= 4 is 17.9 Å². The maximum Gasteiger partial charge on any atom is 0.325 e. The number of nitrogens with zero attached hydrogens (tertiary/aromatic N) is 4. The van der Waals surface area contributed by atoms with Gasteiger partial charge in [0.05, 0.1) is 25.4 Å². The fourth-order valence-corrected chi connectivity index (χ4v) is 5.57. The van der Waals surface area contributed by atoms with Crippen LogP contribution in [-0.2, 0) is 32.2 Å². The van der Waals surface area contributed by atoms with E-state index in [9.17, 15) is 14.7 Å². The monoisotopic (exact) mass is 618 g/mol. The van der Waals surface area contributed by atoms with Gasteiger partial charge in [0.1, 0.15) is 6.54 Å². The zero-order valence-corrected chi connectivity index (χ0v) is 25.8. The molecule has 2 aliphatic heterocycles. The quantitative estimate of drug-likeness (QED) is 0.275. The molecule has 2 amide bonds. The van der Waals surface area contributed by atoms with Crippen molar-refractivity contribution in [3.05, 3.63) is 89.2 Å². The Hall–Kier alpha value is -4.10. The SMILES string of the molecule is CCOC(=O)CNC(=O)NCc1ccc(C2OC(CN3CCN(c4ncccn4)CC3)C(C)C(c3ccc(CO)cc3)O2)cc1. The van der Waals surface area contributed by atoms with E-state index in [0.717, 1.165) is 60.9 Å². The molecular formula is C33H42N6O6. The second kappa shape index (κ2) is 15.8. The molecule has 12 heteroatoms. The molecule has 0 saturated carbocycles. The Morgan fingerprint density at radius 3 is 2.27 bits per heavy atom. The van der Waals surface area contributed by atoms with Crippen molar-refractivity contribution < 1.29 is 28.9 Å². The highest BCUT2D eigenvalue weighted by Crippen LogP contribution is 2.42. The third kappa shape index (κ3) is 8.76. The van der Waals surface area contributed by atoms with Crippen LogP contribution in [0.25, 0.3) is 0 Å². The van der Waals surface area contributed by atoms with Crippen molar-refractivity contribution in [2.45, 2.75) is 45.5 Å². The van der Waals surface area contributed by atoms with Crippen molar-refractivity contribution in [1.82, 2.24) is 25.5 Å². The molecule has 0 bridgehead atoms. The van der Waals surface area contributed by atoms with Gasteiger partial charge in [-0.15, -0.1) is 0 Å². The lowest BCUT2D eigenvalue weighted by Crippen LogP contribution is -2.51. The summed E-state index contributed by atoms with van der Waals surface area (Å²) in [6, 6.07) is 17.0. The zero-order chi connectivity index (χ0) is 31.6. The van der Waals surface area contributed by atoms with Gasteiger partial charge in [0.25, 0.3) is 0 Å². The number of esters is 1. The number of hydrogen-bond donors (Lipinski definition) is 3. The number of ether oxygens (including phenoxy) is 3. The van der Waals surface area contributed by atoms with Gasteiger partial charge in [-0.3, -0.25) is 9.69 Å². The van der Waals surface area contributed by atoms with Crippen LogP contribution in [0.5, 0.6) is 0 Å². The zero-order valence-electron chi connectivity index (χ0n) is 25.8. The number of benzene rings is 2. The first-order valence-corrected chi connectivity index (χ1v) is 15.4. The highest BCUT2D eigenvalue weighted by atomic mass is 16.7. The first kappa shape index (κ1) is 32.3. The molecule has 4 unspecified atom stereocenters. The molecule has 12 nitrogen and oxygen atoms in total. The van der Waals surface area contributed by atoms with E-state index in [1.54, 1.807) is 19.3 Å². The largest absolute Gasteiger partial charge is 0.465 e. The Morgan fingerprint density at radius 1 is 0.933 bits per heavy atom. The lowest BCUT2D eigenvalue weighted by atomic mass is 9.90. The number of piperazine rings is 1. The molecule has 2 aromatic carbocycles. The summed E-state index contributed by atoms with van der Waals surface area (Å²) in [6.07, 6.45) is 2.67. The average Bonchev–Trinajstić information content (AvgIpc) is 3.08. The van der Waals surface area contributed by atoms with Gasteiger partial charge >= 0.3 is 12.0 Å². The maximum atomic E-state index is 12.1. The number of aliphatic hydroxyl groups excluding tert-OH is 1. The molecule has 2 saturated heterocycles. The number of hydrogen-bond acceptors (Lipinski definition) is 10. The smallest absolute Gasteiger partial charge is 0.325 e. The Labute approximate surface area is 263 Å². The molecule has 0 radical (unpaired) electrons. The summed E-state index contributed by atoms with van der Waals surface area (Å²) >= 11 is 0. The Kier molecular flexibility index (Phi) is 11.3. The van der Waals surface area contributed by atoms with Crippen molar-refractivity contribution in [3.8, 4) is 0 Å². The number of aromatic nitrogens is 2. The summed E-state index contributed by atoms with van der Waals surface area (Å²) < 4.78 is 18.1. The maximum absolute atomic E-state index is 12.1. The summed E-state index contributed by atoms with van der Waals surface area (Å²) in [7, 11) is 0. The predicted octanol–water partition coefficient (Wildman–Crippen LogP) is 2.94. The molecule has 45 heavy (non-hydrogen) atoms. The van der Waals surface area contributed by atoms with Crippen LogP contribution >= 0.6 is 0 Å². The van der Waals surface area contributed by atoms with Crippen molar-refractivity contribution in [2.24, 2.45) is 5.92 Å². The van der Waals surface area contributed by atoms with Crippen LogP contribution in [0.4, 0.5) is 10.7 Å². The average molecular weight is 619 g/mol. The normalized spacial score (nSPS) is 22.1. The second-order valence-electron chi connectivity index (χ2n) is 11.2. The lowest BCUT2D eigenvalue weighted by Gasteiger charge is -2.44. The van der Waals surface area contributed by atoms with Crippen molar-refractivity contribution in [3.63, 3.8) is 0 Å². The number of amides is 2. The summed E-state index contributed by atoms with van der Waals surface area (Å²) in [6.45, 7) is 8.44. The van der Waals surface area contributed by atoms with E-state index in [4.69, 9.17) is 14.2 Å². The Balaban J connectivity index is 1.23. The van der Waals surface area contributed by atoms with Crippen LogP contribution in [0.2, 0.25) is 0 Å². The van der Waals surface area contributed by atoms with E-state index in [-0.39, 0.29) is 37.9 Å². The molecule has 3 aromatic rings. The summed E-state index contributed by atoms with van der Waals surface area (Å²) in [4.78, 5) is 37.0. The number of nitrogens with one attached hydrogen (secondary N) is 2. The van der Waals surface area contributed by atoms with Gasteiger partial charge in [-0.05, 0) is 29.7 Å². The van der Waals surface area contributed by atoms with Crippen molar-refractivity contribution in [1.29, 1.82) is 0 Å². The fourth-order valence-electron chi connectivity index (χ4n) is 5.57. The van der Waals surface area contributed by atoms with E-state index in [2.05, 4.69) is 37.3 Å². The van der Waals surface area contributed by atoms with Crippen LogP contribution in [0, 0.1) is 5.92 Å². The first-order chi connectivity index (χ1) is 21.9. The minimum Gasteiger partial charge on any atom is -0.465 e. The van der Waals surface area contributed by atoms with Crippen molar-refractivity contribution in [2.75, 3.05) is 50.8 Å². The molecule has 0 aliphatic carbocycles. The molecule has 3 heterocycles. The van der Waals surface area contributed by atoms with E-state index >= 15 is 0 Å². The fraction of sp³-hybridized carbons (Fsp3) is 0.455. The highest BCUT2D eigenvalue weighted by molar-refractivity contribution is 5.80. The predicted molar refractivity (Wildman–Crippen MR) is 167 cm³/mol. The Morgan fingerprint density at radius 2 is 1.60 bits per heavy atom. The summed E-state index contributed by atoms with van der Waals surface area (Å²) in [5, 5.41) is 14.8. The number of carbonyl (C=O) groups excluding carboxylic acids is 2. The van der Waals surface area contributed by atoms with Gasteiger partial charge in [0.2, 0.25) is 5.95 Å². The van der Waals surface area contributed by atoms with Crippen LogP contribution in [-0.4, -0.2) is 84.0 Å². The summed E-state index contributed by atoms with van der Waals surface area (Å²) in [5.41, 5.74) is 3.66.